The van der Waals surface area contributed by atoms with Gasteiger partial charge in [-0.3, -0.25) is 20.4 Å². The molecular weight excluding hydrogens is 412 g/mol. The van der Waals surface area contributed by atoms with E-state index in [0.717, 1.165) is 18.2 Å². The lowest BCUT2D eigenvalue weighted by Crippen LogP contribution is -2.41. The fraction of sp³-hybridized carbons (Fsp3) is 0.421. The van der Waals surface area contributed by atoms with Crippen molar-refractivity contribution >= 4 is 28.3 Å². The molecule has 10 nitrogen and oxygen atoms in total. The number of ether oxygens (including phenoxy) is 4. The summed E-state index contributed by atoms with van der Waals surface area (Å²) in [4.78, 5) is 32.1. The Kier molecular flexibility index (Phi) is 5.91. The summed E-state index contributed by atoms with van der Waals surface area (Å²) in [7, 11) is 1.48. The molecule has 30 heavy (non-hydrogen) atoms. The first kappa shape index (κ1) is 20.2. The molecule has 2 aliphatic rings. The van der Waals surface area contributed by atoms with Crippen molar-refractivity contribution in [3.05, 3.63) is 28.3 Å². The molecule has 2 N–H and O–H groups in total. The number of benzene rings is 1. The zero-order valence-electron chi connectivity index (χ0n) is 16.6. The Morgan fingerprint density at radius 1 is 1.10 bits per heavy atom. The molecule has 0 spiro atoms. The van der Waals surface area contributed by atoms with E-state index in [0.29, 0.717) is 54.2 Å². The van der Waals surface area contributed by atoms with Gasteiger partial charge in [0, 0.05) is 18.7 Å². The number of aromatic nitrogens is 1. The van der Waals surface area contributed by atoms with Crippen molar-refractivity contribution in [2.45, 2.75) is 6.92 Å². The van der Waals surface area contributed by atoms with Gasteiger partial charge in [-0.25, -0.2) is 4.98 Å². The number of hydrogen-bond donors (Lipinski definition) is 2. The maximum Gasteiger partial charge on any atom is 0.281 e. The number of aryl methyl sites for hydroxylation is 1. The molecule has 1 aromatic carbocycles. The number of nitrogens with zero attached hydrogens (tertiary/aromatic N) is 2. The highest BCUT2D eigenvalue weighted by Crippen LogP contribution is 2.40. The van der Waals surface area contributed by atoms with Crippen molar-refractivity contribution in [3.8, 4) is 17.2 Å². The van der Waals surface area contributed by atoms with Crippen molar-refractivity contribution < 1.29 is 28.5 Å². The average Bonchev–Trinajstić information content (AvgIpc) is 3.18. The molecule has 1 saturated heterocycles. The number of hydrazine groups is 1. The molecule has 0 atom stereocenters. The van der Waals surface area contributed by atoms with Crippen molar-refractivity contribution in [2.75, 3.05) is 51.5 Å². The molecule has 0 saturated carbocycles. The van der Waals surface area contributed by atoms with Crippen LogP contribution in [0.2, 0.25) is 0 Å². The topological polar surface area (TPSA) is 111 Å². The third-order valence-corrected chi connectivity index (χ3v) is 5.87. The minimum Gasteiger partial charge on any atom is -0.493 e. The van der Waals surface area contributed by atoms with E-state index in [1.807, 2.05) is 0 Å². The number of thiazole rings is 1. The van der Waals surface area contributed by atoms with Gasteiger partial charge in [-0.15, -0.1) is 0 Å². The molecule has 0 aliphatic carbocycles. The van der Waals surface area contributed by atoms with E-state index in [2.05, 4.69) is 20.7 Å². The van der Waals surface area contributed by atoms with Crippen LogP contribution in [0, 0.1) is 6.92 Å². The van der Waals surface area contributed by atoms with E-state index < -0.39 is 11.8 Å². The molecular formula is C19H22N4O6S. The van der Waals surface area contributed by atoms with Gasteiger partial charge in [0.2, 0.25) is 5.75 Å². The van der Waals surface area contributed by atoms with E-state index >= 15 is 0 Å². The number of carbonyl (C=O) groups excluding carboxylic acids is 2. The Balaban J connectivity index is 1.43. The van der Waals surface area contributed by atoms with E-state index in [4.69, 9.17) is 18.9 Å². The number of amides is 2. The number of rotatable bonds is 4. The molecule has 0 bridgehead atoms. The second-order valence-electron chi connectivity index (χ2n) is 6.62. The number of methoxy groups -OCH3 is 1. The summed E-state index contributed by atoms with van der Waals surface area (Å²) in [6.45, 7) is 5.29. The van der Waals surface area contributed by atoms with Crippen molar-refractivity contribution in [3.63, 3.8) is 0 Å². The molecule has 2 amide bonds. The summed E-state index contributed by atoms with van der Waals surface area (Å²) < 4.78 is 21.7. The number of hydrogen-bond acceptors (Lipinski definition) is 9. The Morgan fingerprint density at radius 3 is 2.60 bits per heavy atom. The fourth-order valence-electron chi connectivity index (χ4n) is 3.13. The summed E-state index contributed by atoms with van der Waals surface area (Å²) >= 11 is 1.29. The van der Waals surface area contributed by atoms with Gasteiger partial charge in [-0.2, -0.15) is 0 Å². The Labute approximate surface area is 177 Å². The zero-order chi connectivity index (χ0) is 21.1. The van der Waals surface area contributed by atoms with Crippen LogP contribution in [-0.4, -0.2) is 63.4 Å². The van der Waals surface area contributed by atoms with Gasteiger partial charge < -0.3 is 23.8 Å². The smallest absolute Gasteiger partial charge is 0.281 e. The molecule has 3 heterocycles. The fourth-order valence-corrected chi connectivity index (χ4v) is 4.14. The van der Waals surface area contributed by atoms with Crippen LogP contribution in [0.5, 0.6) is 17.2 Å². The zero-order valence-corrected chi connectivity index (χ0v) is 17.5. The van der Waals surface area contributed by atoms with Gasteiger partial charge in [0.1, 0.15) is 18.1 Å². The predicted octanol–water partition coefficient (Wildman–Crippen LogP) is 1.14. The highest BCUT2D eigenvalue weighted by molar-refractivity contribution is 7.17. The van der Waals surface area contributed by atoms with Crippen LogP contribution in [0.25, 0.3) is 0 Å². The largest absolute Gasteiger partial charge is 0.493 e. The van der Waals surface area contributed by atoms with Crippen LogP contribution in [0.4, 0.5) is 5.13 Å². The second-order valence-corrected chi connectivity index (χ2v) is 7.60. The molecule has 2 aromatic rings. The number of fused-ring (bicyclic) bond motifs is 1. The van der Waals surface area contributed by atoms with Crippen LogP contribution < -0.4 is 30.0 Å². The van der Waals surface area contributed by atoms with Gasteiger partial charge in [-0.1, -0.05) is 11.3 Å². The summed E-state index contributed by atoms with van der Waals surface area (Å²) in [6.07, 6.45) is 0. The summed E-state index contributed by atoms with van der Waals surface area (Å²) in [5.41, 5.74) is 5.75. The summed E-state index contributed by atoms with van der Waals surface area (Å²) in [5.74, 6) is 0.333. The molecule has 2 aliphatic heterocycles. The third kappa shape index (κ3) is 4.12. The van der Waals surface area contributed by atoms with Gasteiger partial charge in [-0.05, 0) is 19.1 Å². The van der Waals surface area contributed by atoms with E-state index in [-0.39, 0.29) is 5.56 Å². The quantitative estimate of drug-likeness (QED) is 0.690. The highest BCUT2D eigenvalue weighted by atomic mass is 32.1. The molecule has 1 fully saturated rings. The van der Waals surface area contributed by atoms with Gasteiger partial charge in [0.15, 0.2) is 16.6 Å². The molecule has 0 radical (unpaired) electrons. The lowest BCUT2D eigenvalue weighted by Gasteiger charge is -2.25. The average molecular weight is 434 g/mol. The normalized spacial score (nSPS) is 15.5. The number of anilines is 1. The van der Waals surface area contributed by atoms with E-state index in [1.54, 1.807) is 13.0 Å². The second kappa shape index (κ2) is 8.76. The number of nitrogens with one attached hydrogen (secondary N) is 2. The van der Waals surface area contributed by atoms with Crippen molar-refractivity contribution in [1.29, 1.82) is 0 Å². The monoisotopic (exact) mass is 434 g/mol. The van der Waals surface area contributed by atoms with Gasteiger partial charge in [0.25, 0.3) is 11.8 Å². The molecule has 1 aromatic heterocycles. The van der Waals surface area contributed by atoms with Gasteiger partial charge >= 0.3 is 0 Å². The Bertz CT molecular complexity index is 939. The highest BCUT2D eigenvalue weighted by Gasteiger charge is 2.23. The Morgan fingerprint density at radius 2 is 1.83 bits per heavy atom. The lowest BCUT2D eigenvalue weighted by molar-refractivity contribution is 0.0847. The molecule has 160 valence electrons. The molecule has 0 unspecified atom stereocenters. The standard InChI is InChI=1S/C19H22N4O6S/c1-11-16(30-19(20-11)23-3-5-27-6-4-23)18(25)22-21-17(24)12-9-13(26-2)15-14(10-12)28-7-8-29-15/h9-10H,3-8H2,1-2H3,(H,21,24)(H,22,25). The van der Waals surface area contributed by atoms with Crippen LogP contribution in [0.15, 0.2) is 12.1 Å². The number of carbonyl (C=O) groups is 2. The van der Waals surface area contributed by atoms with E-state index in [9.17, 15) is 9.59 Å². The van der Waals surface area contributed by atoms with Crippen molar-refractivity contribution in [1.82, 2.24) is 15.8 Å². The minimum atomic E-state index is -0.505. The Hall–Kier alpha value is -3.05. The van der Waals surface area contributed by atoms with Crippen molar-refractivity contribution in [2.24, 2.45) is 0 Å². The van der Waals surface area contributed by atoms with Crippen LogP contribution >= 0.6 is 11.3 Å². The molecule has 11 heteroatoms. The van der Waals surface area contributed by atoms with E-state index in [1.165, 1.54) is 24.5 Å². The first-order chi connectivity index (χ1) is 14.6. The van der Waals surface area contributed by atoms with Gasteiger partial charge in [0.05, 0.1) is 26.0 Å². The molecule has 4 rings (SSSR count). The minimum absolute atomic E-state index is 0.270. The lowest BCUT2D eigenvalue weighted by atomic mass is 10.1. The maximum absolute atomic E-state index is 12.6. The predicted molar refractivity (Wildman–Crippen MR) is 109 cm³/mol. The number of morpholine rings is 1. The maximum atomic E-state index is 12.6. The SMILES string of the molecule is COc1cc(C(=O)NNC(=O)c2sc(N3CCOCC3)nc2C)cc2c1OCCO2. The summed E-state index contributed by atoms with van der Waals surface area (Å²) in [6, 6.07) is 3.08. The van der Waals surface area contributed by atoms with Crippen LogP contribution in [0.3, 0.4) is 0 Å². The third-order valence-electron chi connectivity index (χ3n) is 4.65. The van der Waals surface area contributed by atoms with Crippen LogP contribution in [-0.2, 0) is 4.74 Å². The first-order valence-corrected chi connectivity index (χ1v) is 10.3. The summed E-state index contributed by atoms with van der Waals surface area (Å²) in [5, 5.41) is 0.767. The van der Waals surface area contributed by atoms with Crippen LogP contribution in [0.1, 0.15) is 25.7 Å². The first-order valence-electron chi connectivity index (χ1n) is 9.45.